The summed E-state index contributed by atoms with van der Waals surface area (Å²) in [6.45, 7) is 2.41. The molecule has 0 saturated carbocycles. The zero-order valence-electron chi connectivity index (χ0n) is 16.8. The quantitative estimate of drug-likeness (QED) is 0.497. The van der Waals surface area contributed by atoms with Crippen molar-refractivity contribution >= 4 is 28.9 Å². The van der Waals surface area contributed by atoms with Gasteiger partial charge in [0.2, 0.25) is 11.9 Å². The molecule has 2 heterocycles. The summed E-state index contributed by atoms with van der Waals surface area (Å²) in [5.41, 5.74) is 2.11. The smallest absolute Gasteiger partial charge is 0.321 e. The number of phenols is 1. The number of imidazole rings is 1. The number of aromatic hydroxyl groups is 1. The van der Waals surface area contributed by atoms with E-state index >= 15 is 0 Å². The number of para-hydroxylation sites is 2. The highest BCUT2D eigenvalue weighted by atomic mass is 16.5. The van der Waals surface area contributed by atoms with Crippen molar-refractivity contribution in [3.05, 3.63) is 54.1 Å². The van der Waals surface area contributed by atoms with Crippen LogP contribution in [0.15, 0.2) is 48.5 Å². The first-order valence-electron chi connectivity index (χ1n) is 9.79. The number of amides is 1. The molecule has 1 aliphatic rings. The van der Waals surface area contributed by atoms with Crippen molar-refractivity contribution in [1.29, 1.82) is 0 Å². The summed E-state index contributed by atoms with van der Waals surface area (Å²) in [7, 11) is 1.55. The highest BCUT2D eigenvalue weighted by Crippen LogP contribution is 2.41. The monoisotopic (exact) mass is 409 g/mol. The molecule has 1 amide bonds. The number of anilines is 1. The SMILES string of the molecule is CCOC(=O)[C@@H]1C(=O)N(CCOC)c2nc3ccccc3n2[C@@H]1c1cccc(O)c1. The van der Waals surface area contributed by atoms with Gasteiger partial charge in [-0.1, -0.05) is 24.3 Å². The van der Waals surface area contributed by atoms with E-state index in [-0.39, 0.29) is 18.9 Å². The molecule has 8 nitrogen and oxygen atoms in total. The lowest BCUT2D eigenvalue weighted by molar-refractivity contribution is -0.153. The van der Waals surface area contributed by atoms with Crippen molar-refractivity contribution in [2.24, 2.45) is 5.92 Å². The zero-order valence-corrected chi connectivity index (χ0v) is 16.8. The van der Waals surface area contributed by atoms with Crippen molar-refractivity contribution in [3.8, 4) is 5.75 Å². The number of carbonyl (C=O) groups excluding carboxylic acids is 2. The number of rotatable bonds is 6. The first kappa shape index (κ1) is 19.9. The van der Waals surface area contributed by atoms with Crippen LogP contribution >= 0.6 is 0 Å². The molecular formula is C22H23N3O5. The summed E-state index contributed by atoms with van der Waals surface area (Å²) in [4.78, 5) is 32.6. The molecule has 8 heteroatoms. The fourth-order valence-corrected chi connectivity index (χ4v) is 3.95. The van der Waals surface area contributed by atoms with E-state index in [1.165, 1.54) is 4.90 Å². The van der Waals surface area contributed by atoms with Gasteiger partial charge in [0.05, 0.1) is 36.8 Å². The van der Waals surface area contributed by atoms with Gasteiger partial charge in [-0.2, -0.15) is 0 Å². The van der Waals surface area contributed by atoms with Crippen molar-refractivity contribution in [1.82, 2.24) is 9.55 Å². The molecule has 156 valence electrons. The van der Waals surface area contributed by atoms with Crippen molar-refractivity contribution in [2.75, 3.05) is 31.8 Å². The Morgan fingerprint density at radius 2 is 2.00 bits per heavy atom. The molecule has 0 saturated heterocycles. The first-order valence-corrected chi connectivity index (χ1v) is 9.79. The maximum atomic E-state index is 13.5. The van der Waals surface area contributed by atoms with E-state index in [1.54, 1.807) is 38.3 Å². The third-order valence-electron chi connectivity index (χ3n) is 5.22. The molecule has 3 aromatic rings. The summed E-state index contributed by atoms with van der Waals surface area (Å²) in [5.74, 6) is -1.64. The first-order chi connectivity index (χ1) is 14.6. The van der Waals surface area contributed by atoms with Crippen LogP contribution in [0.25, 0.3) is 11.0 Å². The summed E-state index contributed by atoms with van der Waals surface area (Å²) >= 11 is 0. The van der Waals surface area contributed by atoms with Gasteiger partial charge in [-0.3, -0.25) is 14.5 Å². The normalized spacial score (nSPS) is 18.5. The Bertz CT molecular complexity index is 1090. The standard InChI is InChI=1S/C22H23N3O5/c1-3-30-21(28)18-19(14-7-6-8-15(26)13-14)25-17-10-5-4-9-16(17)23-22(25)24(20(18)27)11-12-29-2/h4-10,13,18-19,26H,3,11-12H2,1-2H3/t18-,19+/m0/s1. The summed E-state index contributed by atoms with van der Waals surface area (Å²) in [6.07, 6.45) is 0. The Labute approximate surface area is 173 Å². The second kappa shape index (κ2) is 8.16. The predicted molar refractivity (Wildman–Crippen MR) is 110 cm³/mol. The van der Waals surface area contributed by atoms with E-state index in [2.05, 4.69) is 4.98 Å². The summed E-state index contributed by atoms with van der Waals surface area (Å²) in [6, 6.07) is 13.4. The van der Waals surface area contributed by atoms with Gasteiger partial charge >= 0.3 is 5.97 Å². The minimum absolute atomic E-state index is 0.0512. The third kappa shape index (κ3) is 3.29. The molecule has 1 aromatic heterocycles. The number of aromatic nitrogens is 2. The van der Waals surface area contributed by atoms with Gasteiger partial charge in [0, 0.05) is 7.11 Å². The average molecular weight is 409 g/mol. The lowest BCUT2D eigenvalue weighted by atomic mass is 9.89. The zero-order chi connectivity index (χ0) is 21.3. The van der Waals surface area contributed by atoms with E-state index in [9.17, 15) is 14.7 Å². The summed E-state index contributed by atoms with van der Waals surface area (Å²) < 4.78 is 12.3. The van der Waals surface area contributed by atoms with E-state index in [4.69, 9.17) is 9.47 Å². The van der Waals surface area contributed by atoms with Crippen molar-refractivity contribution in [2.45, 2.75) is 13.0 Å². The fourth-order valence-electron chi connectivity index (χ4n) is 3.95. The van der Waals surface area contributed by atoms with Crippen LogP contribution < -0.4 is 4.90 Å². The number of fused-ring (bicyclic) bond motifs is 3. The number of phenolic OH excluding ortho intramolecular Hbond substituents is 1. The van der Waals surface area contributed by atoms with Crippen LogP contribution in [0.5, 0.6) is 5.75 Å². The molecule has 30 heavy (non-hydrogen) atoms. The highest BCUT2D eigenvalue weighted by molar-refractivity contribution is 6.08. The summed E-state index contributed by atoms with van der Waals surface area (Å²) in [5, 5.41) is 10.1. The predicted octanol–water partition coefficient (Wildman–Crippen LogP) is 2.50. The van der Waals surface area contributed by atoms with Crippen molar-refractivity contribution < 1.29 is 24.2 Å². The minimum atomic E-state index is -1.12. The lowest BCUT2D eigenvalue weighted by Gasteiger charge is -2.37. The molecule has 1 aliphatic heterocycles. The van der Waals surface area contributed by atoms with Gasteiger partial charge in [-0.25, -0.2) is 4.98 Å². The number of benzene rings is 2. The molecule has 0 bridgehead atoms. The van der Waals surface area contributed by atoms with Gasteiger partial charge in [0.25, 0.3) is 0 Å². The van der Waals surface area contributed by atoms with E-state index in [0.717, 1.165) is 5.52 Å². The number of hydrogen-bond acceptors (Lipinski definition) is 6. The van der Waals surface area contributed by atoms with Gasteiger partial charge in [0.1, 0.15) is 5.75 Å². The molecule has 0 unspecified atom stereocenters. The third-order valence-corrected chi connectivity index (χ3v) is 5.22. The van der Waals surface area contributed by atoms with Crippen LogP contribution in [-0.2, 0) is 19.1 Å². The van der Waals surface area contributed by atoms with E-state index in [1.807, 2.05) is 28.8 Å². The molecular weight excluding hydrogens is 386 g/mol. The van der Waals surface area contributed by atoms with Crippen LogP contribution in [0.1, 0.15) is 18.5 Å². The second-order valence-electron chi connectivity index (χ2n) is 7.02. The van der Waals surface area contributed by atoms with Gasteiger partial charge in [-0.05, 0) is 36.8 Å². The molecule has 0 radical (unpaired) electrons. The Kier molecular flexibility index (Phi) is 5.41. The molecule has 2 atom stereocenters. The second-order valence-corrected chi connectivity index (χ2v) is 7.02. The fraction of sp³-hybridized carbons (Fsp3) is 0.318. The van der Waals surface area contributed by atoms with Gasteiger partial charge in [0.15, 0.2) is 5.92 Å². The topological polar surface area (TPSA) is 93.9 Å². The van der Waals surface area contributed by atoms with Crippen LogP contribution in [0, 0.1) is 5.92 Å². The molecule has 0 spiro atoms. The average Bonchev–Trinajstić information content (AvgIpc) is 3.11. The number of nitrogens with zero attached hydrogens (tertiary/aromatic N) is 3. The minimum Gasteiger partial charge on any atom is -0.508 e. The Hall–Kier alpha value is -3.39. The number of esters is 1. The molecule has 0 fully saturated rings. The number of methoxy groups -OCH3 is 1. The van der Waals surface area contributed by atoms with Crippen LogP contribution in [-0.4, -0.2) is 53.4 Å². The molecule has 2 aromatic carbocycles. The van der Waals surface area contributed by atoms with Crippen LogP contribution in [0.4, 0.5) is 5.95 Å². The lowest BCUT2D eigenvalue weighted by Crippen LogP contribution is -2.51. The Balaban J connectivity index is 1.98. The Morgan fingerprint density at radius 1 is 1.20 bits per heavy atom. The molecule has 1 N–H and O–H groups in total. The maximum Gasteiger partial charge on any atom is 0.321 e. The Morgan fingerprint density at radius 3 is 2.73 bits per heavy atom. The number of hydrogen-bond donors (Lipinski definition) is 1. The van der Waals surface area contributed by atoms with Crippen LogP contribution in [0.2, 0.25) is 0 Å². The van der Waals surface area contributed by atoms with Gasteiger partial charge < -0.3 is 19.1 Å². The number of carbonyl (C=O) groups is 2. The van der Waals surface area contributed by atoms with E-state index in [0.29, 0.717) is 23.6 Å². The van der Waals surface area contributed by atoms with Crippen molar-refractivity contribution in [3.63, 3.8) is 0 Å². The maximum absolute atomic E-state index is 13.5. The van der Waals surface area contributed by atoms with Gasteiger partial charge in [-0.15, -0.1) is 0 Å². The molecule has 4 rings (SSSR count). The highest BCUT2D eigenvalue weighted by Gasteiger charge is 2.47. The molecule has 0 aliphatic carbocycles. The number of ether oxygens (including phenoxy) is 2. The van der Waals surface area contributed by atoms with Crippen LogP contribution in [0.3, 0.4) is 0 Å². The van der Waals surface area contributed by atoms with E-state index < -0.39 is 23.8 Å². The largest absolute Gasteiger partial charge is 0.508 e.